The smallest absolute Gasteiger partial charge is 0.319 e. The number of hydrogen-bond acceptors (Lipinski definition) is 5. The molecule has 2 amide bonds. The van der Waals surface area contributed by atoms with Crippen LogP contribution >= 0.6 is 11.8 Å². The molecule has 1 saturated heterocycles. The number of hydrogen-bond donors (Lipinski definition) is 2. The number of benzene rings is 1. The van der Waals surface area contributed by atoms with Crippen LogP contribution in [0.25, 0.3) is 0 Å². The Labute approximate surface area is 151 Å². The number of rotatable bonds is 5. The van der Waals surface area contributed by atoms with Crippen molar-refractivity contribution in [1.29, 1.82) is 0 Å². The minimum Gasteiger partial charge on any atom is -0.468 e. The largest absolute Gasteiger partial charge is 0.468 e. The van der Waals surface area contributed by atoms with Gasteiger partial charge in [-0.1, -0.05) is 0 Å². The average molecular weight is 380 g/mol. The maximum atomic E-state index is 12.1. The van der Waals surface area contributed by atoms with Gasteiger partial charge < -0.3 is 15.1 Å². The standard InChI is InChI=1S/C17H20N2O4S2/c1-17(8-10-25(21,22)12-17)19-16(20)18-13-4-6-15(7-5-13)24-11-14-3-2-9-23-14/h2-7,9H,8,10-12H2,1H3,(H2,18,19,20)/t17-/m1/s1. The lowest BCUT2D eigenvalue weighted by atomic mass is 10.0. The number of furan rings is 1. The van der Waals surface area contributed by atoms with Gasteiger partial charge in [-0.25, -0.2) is 13.2 Å². The summed E-state index contributed by atoms with van der Waals surface area (Å²) in [7, 11) is -3.06. The number of urea groups is 1. The van der Waals surface area contributed by atoms with E-state index in [0.717, 1.165) is 16.4 Å². The fourth-order valence-electron chi connectivity index (χ4n) is 2.73. The monoisotopic (exact) mass is 380 g/mol. The molecule has 134 valence electrons. The molecule has 1 aromatic carbocycles. The Balaban J connectivity index is 1.51. The van der Waals surface area contributed by atoms with E-state index in [9.17, 15) is 13.2 Å². The molecule has 0 spiro atoms. The van der Waals surface area contributed by atoms with Crippen molar-refractivity contribution in [1.82, 2.24) is 5.32 Å². The Morgan fingerprint density at radius 2 is 2.04 bits per heavy atom. The summed E-state index contributed by atoms with van der Waals surface area (Å²) >= 11 is 1.64. The Bertz CT molecular complexity index is 832. The summed E-state index contributed by atoms with van der Waals surface area (Å²) in [6.07, 6.45) is 2.09. The van der Waals surface area contributed by atoms with E-state index < -0.39 is 21.4 Å². The van der Waals surface area contributed by atoms with E-state index in [1.165, 1.54) is 0 Å². The Hall–Kier alpha value is -1.93. The van der Waals surface area contributed by atoms with Crippen molar-refractivity contribution >= 4 is 33.3 Å². The van der Waals surface area contributed by atoms with Gasteiger partial charge in [0.2, 0.25) is 0 Å². The maximum absolute atomic E-state index is 12.1. The van der Waals surface area contributed by atoms with Gasteiger partial charge in [-0.05, 0) is 49.7 Å². The molecule has 0 unspecified atom stereocenters. The molecule has 2 aromatic rings. The molecule has 3 rings (SSSR count). The Morgan fingerprint density at radius 1 is 1.28 bits per heavy atom. The van der Waals surface area contributed by atoms with Crippen molar-refractivity contribution in [2.24, 2.45) is 0 Å². The van der Waals surface area contributed by atoms with Gasteiger partial charge >= 0.3 is 6.03 Å². The zero-order valence-electron chi connectivity index (χ0n) is 13.8. The summed E-state index contributed by atoms with van der Waals surface area (Å²) in [6, 6.07) is 10.9. The van der Waals surface area contributed by atoms with Gasteiger partial charge in [0.15, 0.2) is 9.84 Å². The second kappa shape index (κ2) is 7.13. The highest BCUT2D eigenvalue weighted by molar-refractivity contribution is 7.98. The normalized spacial score (nSPS) is 21.8. The lowest BCUT2D eigenvalue weighted by Crippen LogP contribution is -2.48. The van der Waals surface area contributed by atoms with E-state index in [4.69, 9.17) is 4.42 Å². The highest BCUT2D eigenvalue weighted by Crippen LogP contribution is 2.25. The highest BCUT2D eigenvalue weighted by atomic mass is 32.2. The van der Waals surface area contributed by atoms with E-state index in [0.29, 0.717) is 12.1 Å². The minimum atomic E-state index is -3.06. The van der Waals surface area contributed by atoms with Crippen LogP contribution in [0.4, 0.5) is 10.5 Å². The van der Waals surface area contributed by atoms with Gasteiger partial charge in [-0.15, -0.1) is 11.8 Å². The third kappa shape index (κ3) is 5.02. The van der Waals surface area contributed by atoms with Crippen LogP contribution in [0.15, 0.2) is 52.0 Å². The summed E-state index contributed by atoms with van der Waals surface area (Å²) in [6.45, 7) is 1.76. The molecule has 0 saturated carbocycles. The van der Waals surface area contributed by atoms with Gasteiger partial charge in [0.25, 0.3) is 0 Å². The summed E-state index contributed by atoms with van der Waals surface area (Å²) < 4.78 is 28.5. The van der Waals surface area contributed by atoms with Crippen molar-refractivity contribution in [2.75, 3.05) is 16.8 Å². The number of anilines is 1. The van der Waals surface area contributed by atoms with Crippen molar-refractivity contribution < 1.29 is 17.6 Å². The van der Waals surface area contributed by atoms with E-state index in [2.05, 4.69) is 10.6 Å². The van der Waals surface area contributed by atoms with E-state index in [-0.39, 0.29) is 11.5 Å². The molecule has 0 bridgehead atoms. The first-order chi connectivity index (χ1) is 11.8. The number of carbonyl (C=O) groups is 1. The lowest BCUT2D eigenvalue weighted by Gasteiger charge is -2.24. The van der Waals surface area contributed by atoms with Crippen molar-refractivity contribution in [3.8, 4) is 0 Å². The van der Waals surface area contributed by atoms with Crippen LogP contribution in [-0.4, -0.2) is 31.5 Å². The number of thioether (sulfide) groups is 1. The predicted molar refractivity (Wildman–Crippen MR) is 98.5 cm³/mol. The van der Waals surface area contributed by atoms with Crippen LogP contribution in [0, 0.1) is 0 Å². The zero-order valence-corrected chi connectivity index (χ0v) is 15.5. The van der Waals surface area contributed by atoms with Crippen LogP contribution in [0.1, 0.15) is 19.1 Å². The zero-order chi connectivity index (χ0) is 17.9. The Kier molecular flexibility index (Phi) is 5.10. The van der Waals surface area contributed by atoms with Crippen molar-refractivity contribution in [3.05, 3.63) is 48.4 Å². The van der Waals surface area contributed by atoms with Gasteiger partial charge in [-0.2, -0.15) is 0 Å². The third-order valence-electron chi connectivity index (χ3n) is 3.99. The minimum absolute atomic E-state index is 0.0181. The number of nitrogens with one attached hydrogen (secondary N) is 2. The SMILES string of the molecule is C[C@@]1(NC(=O)Nc2ccc(SCc3ccco3)cc2)CCS(=O)(=O)C1. The van der Waals surface area contributed by atoms with E-state index >= 15 is 0 Å². The number of carbonyl (C=O) groups excluding carboxylic acids is 1. The van der Waals surface area contributed by atoms with Crippen LogP contribution in [-0.2, 0) is 15.6 Å². The van der Waals surface area contributed by atoms with Crippen LogP contribution in [0.2, 0.25) is 0 Å². The first-order valence-electron chi connectivity index (χ1n) is 7.88. The molecule has 1 atom stereocenters. The molecule has 1 aromatic heterocycles. The molecule has 1 aliphatic heterocycles. The lowest BCUT2D eigenvalue weighted by molar-refractivity contribution is 0.242. The van der Waals surface area contributed by atoms with E-state index in [1.54, 1.807) is 24.9 Å². The molecular formula is C17H20N2O4S2. The predicted octanol–water partition coefficient (Wildman–Crippen LogP) is 3.27. The van der Waals surface area contributed by atoms with Crippen LogP contribution in [0.3, 0.4) is 0 Å². The van der Waals surface area contributed by atoms with Crippen LogP contribution < -0.4 is 10.6 Å². The topological polar surface area (TPSA) is 88.4 Å². The molecule has 25 heavy (non-hydrogen) atoms. The molecular weight excluding hydrogens is 360 g/mol. The first-order valence-corrected chi connectivity index (χ1v) is 10.7. The van der Waals surface area contributed by atoms with Crippen molar-refractivity contribution in [2.45, 2.75) is 29.5 Å². The maximum Gasteiger partial charge on any atom is 0.319 e. The molecule has 0 radical (unpaired) electrons. The van der Waals surface area contributed by atoms with E-state index in [1.807, 2.05) is 36.4 Å². The molecule has 8 heteroatoms. The van der Waals surface area contributed by atoms with Crippen molar-refractivity contribution in [3.63, 3.8) is 0 Å². The van der Waals surface area contributed by atoms with Gasteiger partial charge in [0, 0.05) is 10.6 Å². The third-order valence-corrected chi connectivity index (χ3v) is 6.93. The van der Waals surface area contributed by atoms with Gasteiger partial charge in [-0.3, -0.25) is 0 Å². The second-order valence-electron chi connectivity index (χ2n) is 6.37. The summed E-state index contributed by atoms with van der Waals surface area (Å²) in [5, 5.41) is 5.52. The second-order valence-corrected chi connectivity index (χ2v) is 9.61. The summed E-state index contributed by atoms with van der Waals surface area (Å²) in [5.74, 6) is 1.75. The van der Waals surface area contributed by atoms with Gasteiger partial charge in [0.05, 0.1) is 29.1 Å². The fraction of sp³-hybridized carbons (Fsp3) is 0.353. The summed E-state index contributed by atoms with van der Waals surface area (Å²) in [5.41, 5.74) is -0.0498. The van der Waals surface area contributed by atoms with Gasteiger partial charge in [0.1, 0.15) is 5.76 Å². The fourth-order valence-corrected chi connectivity index (χ4v) is 5.62. The molecule has 1 fully saturated rings. The first kappa shape index (κ1) is 17.9. The number of amides is 2. The molecule has 2 N–H and O–H groups in total. The average Bonchev–Trinajstić information content (AvgIpc) is 3.14. The molecule has 1 aliphatic rings. The number of sulfone groups is 1. The van der Waals surface area contributed by atoms with Crippen LogP contribution in [0.5, 0.6) is 0 Å². The molecule has 6 nitrogen and oxygen atoms in total. The molecule has 2 heterocycles. The quantitative estimate of drug-likeness (QED) is 0.777. The molecule has 0 aliphatic carbocycles. The summed E-state index contributed by atoms with van der Waals surface area (Å²) in [4.78, 5) is 13.2. The highest BCUT2D eigenvalue weighted by Gasteiger charge is 2.39. The Morgan fingerprint density at radius 3 is 2.64 bits per heavy atom.